The fourth-order valence-corrected chi connectivity index (χ4v) is 3.85. The Balaban J connectivity index is 1.46. The van der Waals surface area contributed by atoms with Crippen LogP contribution in [0.1, 0.15) is 25.3 Å². The summed E-state index contributed by atoms with van der Waals surface area (Å²) in [6.45, 7) is 6.56. The van der Waals surface area contributed by atoms with Crippen LogP contribution in [0.25, 0.3) is 0 Å². The molecule has 0 unspecified atom stereocenters. The number of nitrogens with one attached hydrogen (secondary N) is 1. The normalized spacial score (nSPS) is 18.5. The summed E-state index contributed by atoms with van der Waals surface area (Å²) in [5.41, 5.74) is 2.31. The van der Waals surface area contributed by atoms with Gasteiger partial charge in [-0.1, -0.05) is 18.2 Å². The fraction of sp³-hybridized carbons (Fsp3) is 0.619. The van der Waals surface area contributed by atoms with E-state index >= 15 is 0 Å². The Hall–Kier alpha value is -2.12. The molecule has 1 aromatic rings. The predicted molar refractivity (Wildman–Crippen MR) is 110 cm³/mol. The number of carbonyl (C=O) groups is 2. The molecule has 28 heavy (non-hydrogen) atoms. The van der Waals surface area contributed by atoms with E-state index in [1.165, 1.54) is 5.56 Å². The Bertz CT molecular complexity index is 673. The van der Waals surface area contributed by atoms with Gasteiger partial charge in [-0.05, 0) is 37.8 Å². The number of anilines is 1. The van der Waals surface area contributed by atoms with Crippen molar-refractivity contribution < 1.29 is 14.3 Å². The summed E-state index contributed by atoms with van der Waals surface area (Å²) in [4.78, 5) is 31.1. The minimum atomic E-state index is -0.0282. The zero-order valence-electron chi connectivity index (χ0n) is 17.0. The lowest BCUT2D eigenvalue weighted by Crippen LogP contribution is -2.55. The number of methoxy groups -OCH3 is 1. The van der Waals surface area contributed by atoms with Crippen molar-refractivity contribution in [1.82, 2.24) is 15.1 Å². The Morgan fingerprint density at radius 1 is 1.14 bits per heavy atom. The molecule has 0 bridgehead atoms. The van der Waals surface area contributed by atoms with Crippen LogP contribution in [0, 0.1) is 0 Å². The van der Waals surface area contributed by atoms with Crippen molar-refractivity contribution in [2.75, 3.05) is 57.9 Å². The van der Waals surface area contributed by atoms with Crippen LogP contribution in [0.2, 0.25) is 0 Å². The van der Waals surface area contributed by atoms with E-state index in [0.717, 1.165) is 44.6 Å². The van der Waals surface area contributed by atoms with Gasteiger partial charge < -0.3 is 19.9 Å². The van der Waals surface area contributed by atoms with E-state index in [0.29, 0.717) is 26.2 Å². The first-order chi connectivity index (χ1) is 13.6. The number of hydrogen-bond acceptors (Lipinski definition) is 4. The number of amides is 3. The van der Waals surface area contributed by atoms with Crippen LogP contribution in [0.3, 0.4) is 0 Å². The van der Waals surface area contributed by atoms with E-state index < -0.39 is 0 Å². The van der Waals surface area contributed by atoms with Gasteiger partial charge in [-0.25, -0.2) is 4.79 Å². The first-order valence-electron chi connectivity index (χ1n) is 10.2. The van der Waals surface area contributed by atoms with Gasteiger partial charge in [0.1, 0.15) is 0 Å². The Morgan fingerprint density at radius 3 is 2.64 bits per heavy atom. The minimum Gasteiger partial charge on any atom is -0.385 e. The molecular formula is C21H32N4O3. The number of aryl methyl sites for hydroxylation is 1. The second kappa shape index (κ2) is 9.89. The molecule has 1 saturated heterocycles. The molecule has 0 spiro atoms. The summed E-state index contributed by atoms with van der Waals surface area (Å²) in [5.74, 6) is 0.151. The molecule has 3 rings (SSSR count). The molecule has 7 nitrogen and oxygen atoms in total. The Morgan fingerprint density at radius 2 is 1.89 bits per heavy atom. The summed E-state index contributed by atoms with van der Waals surface area (Å²) in [6.07, 6.45) is 2.85. The third-order valence-corrected chi connectivity index (χ3v) is 5.55. The topological polar surface area (TPSA) is 65.1 Å². The lowest BCUT2D eigenvalue weighted by atomic mass is 10.0. The van der Waals surface area contributed by atoms with E-state index in [1.807, 2.05) is 34.9 Å². The van der Waals surface area contributed by atoms with Gasteiger partial charge >= 0.3 is 6.03 Å². The Labute approximate surface area is 167 Å². The number of nitrogens with zero attached hydrogens (tertiary/aromatic N) is 3. The number of piperazine rings is 1. The maximum Gasteiger partial charge on any atom is 0.317 e. The van der Waals surface area contributed by atoms with Crippen LogP contribution in [0.15, 0.2) is 24.3 Å². The van der Waals surface area contributed by atoms with Crippen LogP contribution >= 0.6 is 0 Å². The molecule has 154 valence electrons. The van der Waals surface area contributed by atoms with E-state index in [9.17, 15) is 9.59 Å². The van der Waals surface area contributed by atoms with Crippen LogP contribution < -0.4 is 10.2 Å². The second-order valence-corrected chi connectivity index (χ2v) is 7.67. The molecule has 3 amide bonds. The highest BCUT2D eigenvalue weighted by atomic mass is 16.5. The van der Waals surface area contributed by atoms with Gasteiger partial charge in [0.2, 0.25) is 5.91 Å². The summed E-state index contributed by atoms with van der Waals surface area (Å²) < 4.78 is 5.06. The molecule has 1 fully saturated rings. The number of carbonyl (C=O) groups excluding carboxylic acids is 2. The molecule has 2 aliphatic rings. The lowest BCUT2D eigenvalue weighted by molar-refractivity contribution is -0.120. The largest absolute Gasteiger partial charge is 0.385 e. The Kier molecular flexibility index (Phi) is 7.28. The molecule has 0 saturated carbocycles. The average Bonchev–Trinajstić information content (AvgIpc) is 2.72. The molecule has 0 aromatic heterocycles. The number of para-hydroxylation sites is 1. The van der Waals surface area contributed by atoms with Crippen LogP contribution in [-0.2, 0) is 16.0 Å². The number of hydrogen-bond donors (Lipinski definition) is 1. The van der Waals surface area contributed by atoms with Crippen molar-refractivity contribution >= 4 is 17.6 Å². The van der Waals surface area contributed by atoms with Gasteiger partial charge in [-0.2, -0.15) is 0 Å². The summed E-state index contributed by atoms with van der Waals surface area (Å²) in [6, 6.07) is 8.24. The smallest absolute Gasteiger partial charge is 0.317 e. The van der Waals surface area contributed by atoms with Crippen molar-refractivity contribution in [3.8, 4) is 0 Å². The van der Waals surface area contributed by atoms with Crippen LogP contribution in [0.5, 0.6) is 0 Å². The van der Waals surface area contributed by atoms with Gasteiger partial charge in [0.15, 0.2) is 0 Å². The van der Waals surface area contributed by atoms with Crippen molar-refractivity contribution in [3.63, 3.8) is 0 Å². The second-order valence-electron chi connectivity index (χ2n) is 7.67. The number of urea groups is 1. The maximum absolute atomic E-state index is 12.9. The lowest BCUT2D eigenvalue weighted by Gasteiger charge is -2.36. The van der Waals surface area contributed by atoms with Crippen molar-refractivity contribution in [2.45, 2.75) is 32.2 Å². The molecule has 1 atom stereocenters. The third kappa shape index (κ3) is 5.23. The molecular weight excluding hydrogens is 356 g/mol. The molecule has 1 N–H and O–H groups in total. The third-order valence-electron chi connectivity index (χ3n) is 5.55. The van der Waals surface area contributed by atoms with Gasteiger partial charge in [-0.15, -0.1) is 0 Å². The monoisotopic (exact) mass is 388 g/mol. The first-order valence-corrected chi connectivity index (χ1v) is 10.2. The van der Waals surface area contributed by atoms with E-state index in [1.54, 1.807) is 7.11 Å². The summed E-state index contributed by atoms with van der Waals surface area (Å²) in [5, 5.41) is 3.02. The highest BCUT2D eigenvalue weighted by Crippen LogP contribution is 2.26. The van der Waals surface area contributed by atoms with Crippen molar-refractivity contribution in [3.05, 3.63) is 29.8 Å². The standard InChI is InChI=1S/C21H32N4O3/c1-17(9-15-28-2)22-21(27)24-13-11-23(12-14-24)16-20(26)25-10-5-7-18-6-3-4-8-19(18)25/h3-4,6,8,17H,5,7,9-16H2,1-2H3,(H,22,27)/t17-/m0/s1. The van der Waals surface area contributed by atoms with Gasteiger partial charge in [0.05, 0.1) is 6.54 Å². The molecule has 2 aliphatic heterocycles. The zero-order valence-corrected chi connectivity index (χ0v) is 17.0. The zero-order chi connectivity index (χ0) is 19.9. The highest BCUT2D eigenvalue weighted by molar-refractivity contribution is 5.96. The van der Waals surface area contributed by atoms with Crippen LogP contribution in [0.4, 0.5) is 10.5 Å². The van der Waals surface area contributed by atoms with Gasteiger partial charge in [-0.3, -0.25) is 9.69 Å². The van der Waals surface area contributed by atoms with Gasteiger partial charge in [0, 0.05) is 58.2 Å². The highest BCUT2D eigenvalue weighted by Gasteiger charge is 2.27. The number of rotatable bonds is 6. The number of ether oxygens (including phenoxy) is 1. The quantitative estimate of drug-likeness (QED) is 0.806. The fourth-order valence-electron chi connectivity index (χ4n) is 3.85. The molecule has 1 aromatic carbocycles. The molecule has 0 aliphatic carbocycles. The minimum absolute atomic E-state index is 0.0282. The number of fused-ring (bicyclic) bond motifs is 1. The predicted octanol–water partition coefficient (Wildman–Crippen LogP) is 1.72. The average molecular weight is 389 g/mol. The van der Waals surface area contributed by atoms with Crippen LogP contribution in [-0.4, -0.2) is 80.8 Å². The summed E-state index contributed by atoms with van der Waals surface area (Å²) >= 11 is 0. The maximum atomic E-state index is 12.9. The SMILES string of the molecule is COCC[C@H](C)NC(=O)N1CCN(CC(=O)N2CCCc3ccccc32)CC1. The van der Waals surface area contributed by atoms with E-state index in [2.05, 4.69) is 16.3 Å². The molecule has 2 heterocycles. The molecule has 7 heteroatoms. The number of benzene rings is 1. The van der Waals surface area contributed by atoms with Crippen molar-refractivity contribution in [1.29, 1.82) is 0 Å². The van der Waals surface area contributed by atoms with Gasteiger partial charge in [0.25, 0.3) is 0 Å². The molecule has 0 radical (unpaired) electrons. The van der Waals surface area contributed by atoms with E-state index in [-0.39, 0.29) is 18.0 Å². The summed E-state index contributed by atoms with van der Waals surface area (Å²) in [7, 11) is 1.66. The first kappa shape index (κ1) is 20.6. The van der Waals surface area contributed by atoms with E-state index in [4.69, 9.17) is 4.74 Å². The van der Waals surface area contributed by atoms with Crippen molar-refractivity contribution in [2.24, 2.45) is 0 Å².